The Morgan fingerprint density at radius 1 is 1.00 bits per heavy atom. The number of urea groups is 1. The molecule has 0 unspecified atom stereocenters. The molecule has 2 N–H and O–H groups in total. The van der Waals surface area contributed by atoms with Crippen LogP contribution in [0.2, 0.25) is 0 Å². The fraction of sp³-hybridized carbons (Fsp3) is 0.160. The van der Waals surface area contributed by atoms with Crippen molar-refractivity contribution in [1.29, 1.82) is 0 Å². The van der Waals surface area contributed by atoms with Gasteiger partial charge >= 0.3 is 6.03 Å². The van der Waals surface area contributed by atoms with Crippen LogP contribution in [-0.2, 0) is 24.3 Å². The SMILES string of the molecule is CNC(=O)Nc1cc(-c2cccc(CC(=O)N3Cc4ccccc4C3)c2)cn2ccnc12. The fourth-order valence-electron chi connectivity index (χ4n) is 4.12. The van der Waals surface area contributed by atoms with Gasteiger partial charge in [-0.2, -0.15) is 0 Å². The first-order chi connectivity index (χ1) is 15.6. The number of hydrogen-bond donors (Lipinski definition) is 2. The number of carbonyl (C=O) groups is 2. The first-order valence-corrected chi connectivity index (χ1v) is 10.5. The molecule has 1 aliphatic rings. The Kier molecular flexibility index (Phi) is 5.07. The van der Waals surface area contributed by atoms with Gasteiger partial charge in [-0.25, -0.2) is 9.78 Å². The Labute approximate surface area is 185 Å². The van der Waals surface area contributed by atoms with E-state index in [1.54, 1.807) is 13.2 Å². The van der Waals surface area contributed by atoms with E-state index < -0.39 is 0 Å². The second-order valence-corrected chi connectivity index (χ2v) is 7.90. The van der Waals surface area contributed by atoms with Gasteiger partial charge in [0.25, 0.3) is 0 Å². The summed E-state index contributed by atoms with van der Waals surface area (Å²) in [4.78, 5) is 31.0. The standard InChI is InChI=1S/C25H23N5O2/c1-26-25(32)28-22-13-21(16-29-10-9-27-24(22)29)18-8-4-5-17(11-18)12-23(31)30-14-19-6-2-3-7-20(19)15-30/h2-11,13,16H,12,14-15H2,1H3,(H2,26,28,32). The lowest BCUT2D eigenvalue weighted by molar-refractivity contribution is -0.131. The van der Waals surface area contributed by atoms with Gasteiger partial charge in [-0.05, 0) is 28.3 Å². The number of pyridine rings is 1. The Morgan fingerprint density at radius 3 is 2.53 bits per heavy atom. The third-order valence-electron chi connectivity index (χ3n) is 5.77. The molecule has 0 aliphatic carbocycles. The highest BCUT2D eigenvalue weighted by molar-refractivity contribution is 5.94. The number of anilines is 1. The maximum atomic E-state index is 12.9. The molecule has 1 aliphatic heterocycles. The number of aromatic nitrogens is 2. The Hall–Kier alpha value is -4.13. The average Bonchev–Trinajstić information content (AvgIpc) is 3.46. The van der Waals surface area contributed by atoms with E-state index in [0.717, 1.165) is 16.7 Å². The molecule has 0 fully saturated rings. The van der Waals surface area contributed by atoms with Crippen molar-refractivity contribution in [3.8, 4) is 11.1 Å². The third kappa shape index (κ3) is 3.80. The number of carbonyl (C=O) groups excluding carboxylic acids is 2. The van der Waals surface area contributed by atoms with Gasteiger partial charge in [0.05, 0.1) is 12.1 Å². The Morgan fingerprint density at radius 2 is 1.78 bits per heavy atom. The van der Waals surface area contributed by atoms with E-state index in [4.69, 9.17) is 0 Å². The minimum Gasteiger partial charge on any atom is -0.341 e. The van der Waals surface area contributed by atoms with Crippen LogP contribution in [0.1, 0.15) is 16.7 Å². The number of hydrogen-bond acceptors (Lipinski definition) is 3. The van der Waals surface area contributed by atoms with Crippen molar-refractivity contribution in [3.05, 3.63) is 89.9 Å². The molecule has 3 heterocycles. The predicted molar refractivity (Wildman–Crippen MR) is 123 cm³/mol. The van der Waals surface area contributed by atoms with Gasteiger partial charge in [0, 0.05) is 44.3 Å². The Balaban J connectivity index is 1.39. The maximum Gasteiger partial charge on any atom is 0.319 e. The lowest BCUT2D eigenvalue weighted by atomic mass is 10.0. The predicted octanol–water partition coefficient (Wildman–Crippen LogP) is 3.84. The summed E-state index contributed by atoms with van der Waals surface area (Å²) in [6.45, 7) is 1.33. The number of nitrogens with zero attached hydrogens (tertiary/aromatic N) is 3. The van der Waals surface area contributed by atoms with Gasteiger partial charge in [-0.15, -0.1) is 0 Å². The van der Waals surface area contributed by atoms with E-state index in [2.05, 4.69) is 27.8 Å². The number of amides is 3. The molecule has 0 atom stereocenters. The molecule has 160 valence electrons. The minimum atomic E-state index is -0.307. The summed E-state index contributed by atoms with van der Waals surface area (Å²) in [5.74, 6) is 0.116. The zero-order chi connectivity index (χ0) is 22.1. The number of fused-ring (bicyclic) bond motifs is 2. The normalized spacial score (nSPS) is 12.6. The topological polar surface area (TPSA) is 78.7 Å². The molecular formula is C25H23N5O2. The van der Waals surface area contributed by atoms with Crippen molar-refractivity contribution < 1.29 is 9.59 Å². The summed E-state index contributed by atoms with van der Waals surface area (Å²) in [6.07, 6.45) is 5.84. The monoisotopic (exact) mass is 425 g/mol. The number of rotatable bonds is 4. The van der Waals surface area contributed by atoms with Crippen molar-refractivity contribution in [1.82, 2.24) is 19.6 Å². The number of nitrogens with one attached hydrogen (secondary N) is 2. The summed E-state index contributed by atoms with van der Waals surface area (Å²) in [6, 6.07) is 17.8. The van der Waals surface area contributed by atoms with Crippen molar-refractivity contribution in [2.24, 2.45) is 0 Å². The van der Waals surface area contributed by atoms with Crippen LogP contribution in [0.5, 0.6) is 0 Å². The van der Waals surface area contributed by atoms with E-state index in [0.29, 0.717) is 30.8 Å². The summed E-state index contributed by atoms with van der Waals surface area (Å²) in [5.41, 5.74) is 6.56. The largest absolute Gasteiger partial charge is 0.341 e. The molecule has 3 amide bonds. The average molecular weight is 425 g/mol. The summed E-state index contributed by atoms with van der Waals surface area (Å²) in [5, 5.41) is 5.39. The molecule has 7 nitrogen and oxygen atoms in total. The lowest BCUT2D eigenvalue weighted by Gasteiger charge is -2.16. The molecular weight excluding hydrogens is 402 g/mol. The smallest absolute Gasteiger partial charge is 0.319 e. The molecule has 32 heavy (non-hydrogen) atoms. The quantitative estimate of drug-likeness (QED) is 0.522. The minimum absolute atomic E-state index is 0.116. The van der Waals surface area contributed by atoms with E-state index in [9.17, 15) is 9.59 Å². The molecule has 4 aromatic rings. The molecule has 5 rings (SSSR count). The van der Waals surface area contributed by atoms with Crippen molar-refractivity contribution in [2.45, 2.75) is 19.5 Å². The third-order valence-corrected chi connectivity index (χ3v) is 5.77. The molecule has 0 radical (unpaired) electrons. The maximum absolute atomic E-state index is 12.9. The summed E-state index contributed by atoms with van der Waals surface area (Å²) >= 11 is 0. The van der Waals surface area contributed by atoms with Crippen LogP contribution < -0.4 is 10.6 Å². The second kappa shape index (κ2) is 8.19. The van der Waals surface area contributed by atoms with Crippen LogP contribution in [0.15, 0.2) is 73.2 Å². The van der Waals surface area contributed by atoms with Crippen molar-refractivity contribution in [2.75, 3.05) is 12.4 Å². The molecule has 0 bridgehead atoms. The van der Waals surface area contributed by atoms with Gasteiger partial charge in [-0.1, -0.05) is 48.5 Å². The van der Waals surface area contributed by atoms with E-state index in [-0.39, 0.29) is 11.9 Å². The van der Waals surface area contributed by atoms with E-state index in [1.807, 2.05) is 64.2 Å². The van der Waals surface area contributed by atoms with Crippen LogP contribution >= 0.6 is 0 Å². The highest BCUT2D eigenvalue weighted by Gasteiger charge is 2.22. The molecule has 7 heteroatoms. The van der Waals surface area contributed by atoms with Crippen LogP contribution in [0.25, 0.3) is 16.8 Å². The zero-order valence-corrected chi connectivity index (χ0v) is 17.7. The van der Waals surface area contributed by atoms with Crippen LogP contribution in [0, 0.1) is 0 Å². The van der Waals surface area contributed by atoms with Gasteiger partial charge in [-0.3, -0.25) is 4.79 Å². The summed E-state index contributed by atoms with van der Waals surface area (Å²) in [7, 11) is 1.57. The number of benzene rings is 2. The van der Waals surface area contributed by atoms with Crippen LogP contribution in [-0.4, -0.2) is 33.3 Å². The fourth-order valence-corrected chi connectivity index (χ4v) is 4.12. The van der Waals surface area contributed by atoms with Crippen LogP contribution in [0.4, 0.5) is 10.5 Å². The van der Waals surface area contributed by atoms with Gasteiger partial charge in [0.2, 0.25) is 5.91 Å². The Bertz CT molecular complexity index is 1300. The van der Waals surface area contributed by atoms with Crippen molar-refractivity contribution >= 4 is 23.3 Å². The van der Waals surface area contributed by atoms with Crippen LogP contribution in [0.3, 0.4) is 0 Å². The molecule has 0 spiro atoms. The lowest BCUT2D eigenvalue weighted by Crippen LogP contribution is -2.26. The highest BCUT2D eigenvalue weighted by Crippen LogP contribution is 2.28. The number of imidazole rings is 1. The molecule has 2 aromatic carbocycles. The van der Waals surface area contributed by atoms with Gasteiger partial charge in [0.1, 0.15) is 0 Å². The molecule has 2 aromatic heterocycles. The second-order valence-electron chi connectivity index (χ2n) is 7.90. The van der Waals surface area contributed by atoms with E-state index in [1.165, 1.54) is 11.1 Å². The molecule has 0 saturated heterocycles. The highest BCUT2D eigenvalue weighted by atomic mass is 16.2. The van der Waals surface area contributed by atoms with E-state index >= 15 is 0 Å². The first-order valence-electron chi connectivity index (χ1n) is 10.5. The zero-order valence-electron chi connectivity index (χ0n) is 17.7. The molecule has 0 saturated carbocycles. The first kappa shape index (κ1) is 19.8. The summed E-state index contributed by atoms with van der Waals surface area (Å²) < 4.78 is 1.87. The van der Waals surface area contributed by atoms with Crippen molar-refractivity contribution in [3.63, 3.8) is 0 Å². The van der Waals surface area contributed by atoms with Gasteiger partial charge < -0.3 is 19.9 Å². The van der Waals surface area contributed by atoms with Gasteiger partial charge in [0.15, 0.2) is 5.65 Å².